The molecule has 1 aromatic rings. The Hall–Kier alpha value is -1.66. The standard InChI is InChI=1S/C15H22N2O4/c1-21-15-7-6-14(17(19)20)10-12(15)11-16-8-2-4-13(16)5-3-9-18/h6-7,10,13,18H,2-5,8-9,11H2,1H3. The molecular weight excluding hydrogens is 272 g/mol. The number of benzene rings is 1. The van der Waals surface area contributed by atoms with Crippen LogP contribution in [0.1, 0.15) is 31.2 Å². The zero-order valence-corrected chi connectivity index (χ0v) is 12.3. The first-order valence-electron chi connectivity index (χ1n) is 7.32. The van der Waals surface area contributed by atoms with Gasteiger partial charge in [0, 0.05) is 36.9 Å². The van der Waals surface area contributed by atoms with Crippen molar-refractivity contribution in [3.63, 3.8) is 0 Å². The number of nitro benzene ring substituents is 1. The van der Waals surface area contributed by atoms with E-state index in [0.29, 0.717) is 18.3 Å². The van der Waals surface area contributed by atoms with Crippen LogP contribution in [0.5, 0.6) is 5.75 Å². The molecule has 1 N–H and O–H groups in total. The average Bonchev–Trinajstić information content (AvgIpc) is 2.92. The van der Waals surface area contributed by atoms with Gasteiger partial charge in [-0.3, -0.25) is 15.0 Å². The number of ether oxygens (including phenoxy) is 1. The van der Waals surface area contributed by atoms with Gasteiger partial charge in [-0.1, -0.05) is 0 Å². The fourth-order valence-corrected chi connectivity index (χ4v) is 2.98. The van der Waals surface area contributed by atoms with E-state index < -0.39 is 0 Å². The molecule has 0 amide bonds. The van der Waals surface area contributed by atoms with Gasteiger partial charge in [0.25, 0.3) is 5.69 Å². The highest BCUT2D eigenvalue weighted by Gasteiger charge is 2.25. The molecule has 6 heteroatoms. The fourth-order valence-electron chi connectivity index (χ4n) is 2.98. The Labute approximate surface area is 124 Å². The summed E-state index contributed by atoms with van der Waals surface area (Å²) in [4.78, 5) is 12.9. The molecule has 0 spiro atoms. The zero-order valence-electron chi connectivity index (χ0n) is 12.3. The number of aliphatic hydroxyl groups excluding tert-OH is 1. The molecule has 1 heterocycles. The minimum atomic E-state index is -0.379. The summed E-state index contributed by atoms with van der Waals surface area (Å²) in [6, 6.07) is 5.17. The Balaban J connectivity index is 2.13. The maximum absolute atomic E-state index is 10.9. The van der Waals surface area contributed by atoms with Gasteiger partial charge in [0.2, 0.25) is 0 Å². The smallest absolute Gasteiger partial charge is 0.270 e. The molecule has 0 radical (unpaired) electrons. The lowest BCUT2D eigenvalue weighted by atomic mass is 10.1. The SMILES string of the molecule is COc1ccc([N+](=O)[O-])cc1CN1CCCC1CCCO. The molecular formula is C15H22N2O4. The number of likely N-dealkylation sites (tertiary alicyclic amines) is 1. The van der Waals surface area contributed by atoms with E-state index in [9.17, 15) is 10.1 Å². The molecule has 0 saturated carbocycles. The van der Waals surface area contributed by atoms with Crippen LogP contribution in [-0.2, 0) is 6.54 Å². The Bertz CT molecular complexity index is 493. The molecule has 1 aliphatic heterocycles. The minimum Gasteiger partial charge on any atom is -0.496 e. The summed E-state index contributed by atoms with van der Waals surface area (Å²) < 4.78 is 5.32. The Morgan fingerprint density at radius 1 is 1.52 bits per heavy atom. The second-order valence-corrected chi connectivity index (χ2v) is 5.39. The Morgan fingerprint density at radius 2 is 2.33 bits per heavy atom. The third-order valence-corrected chi connectivity index (χ3v) is 4.04. The molecule has 0 aliphatic carbocycles. The third-order valence-electron chi connectivity index (χ3n) is 4.04. The highest BCUT2D eigenvalue weighted by molar-refractivity contribution is 5.43. The van der Waals surface area contributed by atoms with Gasteiger partial charge in [-0.15, -0.1) is 0 Å². The molecule has 1 atom stereocenters. The molecule has 0 bridgehead atoms. The number of nitrogens with zero attached hydrogens (tertiary/aromatic N) is 2. The number of methoxy groups -OCH3 is 1. The number of hydrogen-bond acceptors (Lipinski definition) is 5. The van der Waals surface area contributed by atoms with Crippen LogP contribution in [0.2, 0.25) is 0 Å². The maximum atomic E-state index is 10.9. The first-order valence-corrected chi connectivity index (χ1v) is 7.32. The minimum absolute atomic E-state index is 0.0944. The zero-order chi connectivity index (χ0) is 15.2. The van der Waals surface area contributed by atoms with Crippen LogP contribution < -0.4 is 4.74 Å². The van der Waals surface area contributed by atoms with Crippen LogP contribution in [0, 0.1) is 10.1 Å². The molecule has 1 saturated heterocycles. The predicted octanol–water partition coefficient (Wildman–Crippen LogP) is 2.34. The van der Waals surface area contributed by atoms with Crippen molar-refractivity contribution in [2.75, 3.05) is 20.3 Å². The average molecular weight is 294 g/mol. The van der Waals surface area contributed by atoms with Gasteiger partial charge in [0.05, 0.1) is 12.0 Å². The molecule has 0 aromatic heterocycles. The molecule has 1 aromatic carbocycles. The molecule has 6 nitrogen and oxygen atoms in total. The van der Waals surface area contributed by atoms with Crippen molar-refractivity contribution in [1.82, 2.24) is 4.90 Å². The van der Waals surface area contributed by atoms with Crippen molar-refractivity contribution in [2.24, 2.45) is 0 Å². The number of nitro groups is 1. The van der Waals surface area contributed by atoms with Gasteiger partial charge in [0.15, 0.2) is 0 Å². The van der Waals surface area contributed by atoms with E-state index in [1.165, 1.54) is 6.07 Å². The summed E-state index contributed by atoms with van der Waals surface area (Å²) in [5.74, 6) is 0.688. The highest BCUT2D eigenvalue weighted by Crippen LogP contribution is 2.29. The fraction of sp³-hybridized carbons (Fsp3) is 0.600. The summed E-state index contributed by atoms with van der Waals surface area (Å²) in [5, 5.41) is 19.9. The van der Waals surface area contributed by atoms with E-state index in [0.717, 1.165) is 37.8 Å². The molecule has 2 rings (SSSR count). The molecule has 1 fully saturated rings. The van der Waals surface area contributed by atoms with E-state index in [2.05, 4.69) is 4.90 Å². The first kappa shape index (κ1) is 15.7. The van der Waals surface area contributed by atoms with E-state index in [-0.39, 0.29) is 17.2 Å². The van der Waals surface area contributed by atoms with Crippen molar-refractivity contribution in [3.8, 4) is 5.75 Å². The van der Waals surface area contributed by atoms with Gasteiger partial charge in [0.1, 0.15) is 5.75 Å². The van der Waals surface area contributed by atoms with Crippen molar-refractivity contribution in [1.29, 1.82) is 0 Å². The van der Waals surface area contributed by atoms with Gasteiger partial charge in [-0.2, -0.15) is 0 Å². The predicted molar refractivity (Wildman–Crippen MR) is 79.4 cm³/mol. The van der Waals surface area contributed by atoms with Crippen LogP contribution in [0.15, 0.2) is 18.2 Å². The van der Waals surface area contributed by atoms with Crippen molar-refractivity contribution in [2.45, 2.75) is 38.3 Å². The molecule has 21 heavy (non-hydrogen) atoms. The van der Waals surface area contributed by atoms with Crippen LogP contribution in [0.3, 0.4) is 0 Å². The summed E-state index contributed by atoms with van der Waals surface area (Å²) in [5.41, 5.74) is 0.944. The lowest BCUT2D eigenvalue weighted by Crippen LogP contribution is -2.29. The van der Waals surface area contributed by atoms with Crippen LogP contribution in [0.25, 0.3) is 0 Å². The summed E-state index contributed by atoms with van der Waals surface area (Å²) in [7, 11) is 1.58. The highest BCUT2D eigenvalue weighted by atomic mass is 16.6. The van der Waals surface area contributed by atoms with Crippen LogP contribution in [0.4, 0.5) is 5.69 Å². The van der Waals surface area contributed by atoms with Crippen molar-refractivity contribution < 1.29 is 14.8 Å². The maximum Gasteiger partial charge on any atom is 0.270 e. The van der Waals surface area contributed by atoms with E-state index >= 15 is 0 Å². The van der Waals surface area contributed by atoms with Gasteiger partial charge in [-0.05, 0) is 38.3 Å². The van der Waals surface area contributed by atoms with Gasteiger partial charge < -0.3 is 9.84 Å². The van der Waals surface area contributed by atoms with Crippen LogP contribution >= 0.6 is 0 Å². The Morgan fingerprint density at radius 3 is 3.00 bits per heavy atom. The first-order chi connectivity index (χ1) is 10.2. The van der Waals surface area contributed by atoms with Gasteiger partial charge >= 0.3 is 0 Å². The molecule has 1 unspecified atom stereocenters. The molecule has 116 valence electrons. The van der Waals surface area contributed by atoms with E-state index in [1.54, 1.807) is 19.2 Å². The second kappa shape index (κ2) is 7.38. The largest absolute Gasteiger partial charge is 0.496 e. The summed E-state index contributed by atoms with van der Waals surface area (Å²) in [6.45, 7) is 1.85. The normalized spacial score (nSPS) is 18.9. The van der Waals surface area contributed by atoms with Gasteiger partial charge in [-0.25, -0.2) is 0 Å². The van der Waals surface area contributed by atoms with Crippen molar-refractivity contribution >= 4 is 5.69 Å². The number of aliphatic hydroxyl groups is 1. The van der Waals surface area contributed by atoms with Crippen LogP contribution in [-0.4, -0.2) is 41.2 Å². The Kier molecular flexibility index (Phi) is 5.52. The summed E-state index contributed by atoms with van der Waals surface area (Å²) >= 11 is 0. The number of rotatable bonds is 7. The lowest BCUT2D eigenvalue weighted by Gasteiger charge is -2.25. The molecule has 1 aliphatic rings. The van der Waals surface area contributed by atoms with E-state index in [1.807, 2.05) is 0 Å². The second-order valence-electron chi connectivity index (χ2n) is 5.39. The van der Waals surface area contributed by atoms with Crippen molar-refractivity contribution in [3.05, 3.63) is 33.9 Å². The monoisotopic (exact) mass is 294 g/mol. The lowest BCUT2D eigenvalue weighted by molar-refractivity contribution is -0.385. The van der Waals surface area contributed by atoms with E-state index in [4.69, 9.17) is 9.84 Å². The topological polar surface area (TPSA) is 75.8 Å². The third kappa shape index (κ3) is 3.92. The summed E-state index contributed by atoms with van der Waals surface area (Å²) in [6.07, 6.45) is 4.02. The number of non-ortho nitro benzene ring substituents is 1. The quantitative estimate of drug-likeness (QED) is 0.617. The number of hydrogen-bond donors (Lipinski definition) is 1.